The molecule has 0 unspecified atom stereocenters. The molecule has 1 aliphatic heterocycles. The number of benzene rings is 1. The maximum atomic E-state index is 5.99. The lowest BCUT2D eigenvalue weighted by Gasteiger charge is -2.26. The molecule has 140 valence electrons. The minimum Gasteiger partial charge on any atom is -0.379 e. The Morgan fingerprint density at radius 3 is 2.92 bits per heavy atom. The summed E-state index contributed by atoms with van der Waals surface area (Å²) in [6, 6.07) is 7.35. The summed E-state index contributed by atoms with van der Waals surface area (Å²) in [7, 11) is 1.73. The van der Waals surface area contributed by atoms with Crippen LogP contribution in [0.25, 0.3) is 11.4 Å². The molecule has 0 amide bonds. The van der Waals surface area contributed by atoms with Crippen molar-refractivity contribution in [3.05, 3.63) is 35.2 Å². The van der Waals surface area contributed by atoms with Gasteiger partial charge in [0.2, 0.25) is 11.7 Å². The van der Waals surface area contributed by atoms with E-state index in [1.54, 1.807) is 19.2 Å². The lowest BCUT2D eigenvalue weighted by molar-refractivity contribution is 0.0389. The SMILES string of the molecule is CN=C(NCCN1CCOCC1)NCc1nc(-c2cccc(Cl)c2)no1. The Bertz CT molecular complexity index is 730. The summed E-state index contributed by atoms with van der Waals surface area (Å²) in [4.78, 5) is 10.9. The normalized spacial score (nSPS) is 15.8. The van der Waals surface area contributed by atoms with Crippen LogP contribution < -0.4 is 10.6 Å². The van der Waals surface area contributed by atoms with Crippen molar-refractivity contribution >= 4 is 17.6 Å². The summed E-state index contributed by atoms with van der Waals surface area (Å²) in [5.41, 5.74) is 0.820. The van der Waals surface area contributed by atoms with E-state index in [0.717, 1.165) is 45.0 Å². The second-order valence-corrected chi connectivity index (χ2v) is 6.27. The maximum absolute atomic E-state index is 5.99. The van der Waals surface area contributed by atoms with Gasteiger partial charge < -0.3 is 19.9 Å². The topological polar surface area (TPSA) is 87.8 Å². The van der Waals surface area contributed by atoms with Gasteiger partial charge in [0.25, 0.3) is 0 Å². The second kappa shape index (κ2) is 9.51. The van der Waals surface area contributed by atoms with Gasteiger partial charge in [0.15, 0.2) is 5.96 Å². The number of hydrogen-bond donors (Lipinski definition) is 2. The average Bonchev–Trinajstić information content (AvgIpc) is 3.14. The van der Waals surface area contributed by atoms with Gasteiger partial charge in [-0.2, -0.15) is 4.98 Å². The summed E-state index contributed by atoms with van der Waals surface area (Å²) in [5, 5.41) is 11.1. The van der Waals surface area contributed by atoms with E-state index in [-0.39, 0.29) is 0 Å². The maximum Gasteiger partial charge on any atom is 0.246 e. The molecule has 1 fully saturated rings. The van der Waals surface area contributed by atoms with E-state index >= 15 is 0 Å². The number of nitrogens with zero attached hydrogens (tertiary/aromatic N) is 4. The summed E-state index contributed by atoms with van der Waals surface area (Å²) in [6.07, 6.45) is 0. The van der Waals surface area contributed by atoms with Gasteiger partial charge >= 0.3 is 0 Å². The largest absolute Gasteiger partial charge is 0.379 e. The molecule has 0 spiro atoms. The molecule has 1 aromatic heterocycles. The fourth-order valence-corrected chi connectivity index (χ4v) is 2.80. The minimum atomic E-state index is 0.394. The van der Waals surface area contributed by atoms with E-state index in [4.69, 9.17) is 20.9 Å². The Kier molecular flexibility index (Phi) is 6.82. The zero-order valence-electron chi connectivity index (χ0n) is 14.7. The molecular formula is C17H23ClN6O2. The van der Waals surface area contributed by atoms with Crippen molar-refractivity contribution in [3.63, 3.8) is 0 Å². The van der Waals surface area contributed by atoms with Gasteiger partial charge in [0.05, 0.1) is 19.8 Å². The number of hydrogen-bond acceptors (Lipinski definition) is 6. The highest BCUT2D eigenvalue weighted by molar-refractivity contribution is 6.30. The van der Waals surface area contributed by atoms with Crippen LogP contribution in [0.5, 0.6) is 0 Å². The number of morpholine rings is 1. The van der Waals surface area contributed by atoms with Crippen molar-refractivity contribution in [3.8, 4) is 11.4 Å². The monoisotopic (exact) mass is 378 g/mol. The number of aliphatic imine (C=N–C) groups is 1. The van der Waals surface area contributed by atoms with Crippen LogP contribution in [0.4, 0.5) is 0 Å². The lowest BCUT2D eigenvalue weighted by Crippen LogP contribution is -2.44. The number of nitrogens with one attached hydrogen (secondary N) is 2. The number of halogens is 1. The van der Waals surface area contributed by atoms with E-state index in [1.165, 1.54) is 0 Å². The van der Waals surface area contributed by atoms with Crippen LogP contribution in [0.2, 0.25) is 5.02 Å². The van der Waals surface area contributed by atoms with Gasteiger partial charge in [-0.15, -0.1) is 0 Å². The molecule has 9 heteroatoms. The number of rotatable bonds is 6. The van der Waals surface area contributed by atoms with E-state index in [0.29, 0.717) is 29.2 Å². The molecule has 0 saturated carbocycles. The van der Waals surface area contributed by atoms with Gasteiger partial charge in [-0.1, -0.05) is 28.9 Å². The van der Waals surface area contributed by atoms with Gasteiger partial charge in [-0.3, -0.25) is 9.89 Å². The van der Waals surface area contributed by atoms with Crippen molar-refractivity contribution in [1.82, 2.24) is 25.7 Å². The molecule has 1 saturated heterocycles. The molecule has 8 nitrogen and oxygen atoms in total. The molecule has 2 aromatic rings. The predicted octanol–water partition coefficient (Wildman–Crippen LogP) is 1.39. The molecule has 0 bridgehead atoms. The minimum absolute atomic E-state index is 0.394. The van der Waals surface area contributed by atoms with E-state index in [9.17, 15) is 0 Å². The average molecular weight is 379 g/mol. The first-order valence-electron chi connectivity index (χ1n) is 8.58. The number of ether oxygens (including phenoxy) is 1. The third kappa shape index (κ3) is 5.42. The third-order valence-electron chi connectivity index (χ3n) is 4.01. The first kappa shape index (κ1) is 18.6. The molecule has 2 heterocycles. The molecule has 1 aliphatic rings. The van der Waals surface area contributed by atoms with Gasteiger partial charge in [-0.25, -0.2) is 0 Å². The summed E-state index contributed by atoms with van der Waals surface area (Å²) >= 11 is 5.99. The van der Waals surface area contributed by atoms with Crippen LogP contribution in [0, 0.1) is 0 Å². The van der Waals surface area contributed by atoms with Crippen molar-refractivity contribution < 1.29 is 9.26 Å². The molecule has 1 aromatic carbocycles. The van der Waals surface area contributed by atoms with Crippen molar-refractivity contribution in [2.75, 3.05) is 46.4 Å². The zero-order chi connectivity index (χ0) is 18.2. The van der Waals surface area contributed by atoms with Crippen LogP contribution in [-0.4, -0.2) is 67.4 Å². The molecular weight excluding hydrogens is 356 g/mol. The van der Waals surface area contributed by atoms with Crippen molar-refractivity contribution in [1.29, 1.82) is 0 Å². The third-order valence-corrected chi connectivity index (χ3v) is 4.24. The van der Waals surface area contributed by atoms with Crippen LogP contribution in [-0.2, 0) is 11.3 Å². The molecule has 0 radical (unpaired) electrons. The Morgan fingerprint density at radius 2 is 2.15 bits per heavy atom. The second-order valence-electron chi connectivity index (χ2n) is 5.83. The summed E-state index contributed by atoms with van der Waals surface area (Å²) < 4.78 is 10.6. The van der Waals surface area contributed by atoms with Crippen molar-refractivity contribution in [2.24, 2.45) is 4.99 Å². The highest BCUT2D eigenvalue weighted by Crippen LogP contribution is 2.19. The summed E-state index contributed by atoms with van der Waals surface area (Å²) in [5.74, 6) is 1.69. The Hall–Kier alpha value is -2.16. The molecule has 0 aliphatic carbocycles. The molecule has 2 N–H and O–H groups in total. The van der Waals surface area contributed by atoms with Crippen LogP contribution >= 0.6 is 11.6 Å². The first-order chi connectivity index (χ1) is 12.7. The Balaban J connectivity index is 1.45. The van der Waals surface area contributed by atoms with E-state index < -0.39 is 0 Å². The van der Waals surface area contributed by atoms with Crippen LogP contribution in [0.1, 0.15) is 5.89 Å². The predicted molar refractivity (Wildman–Crippen MR) is 100 cm³/mol. The lowest BCUT2D eigenvalue weighted by atomic mass is 10.2. The fraction of sp³-hybridized carbons (Fsp3) is 0.471. The van der Waals surface area contributed by atoms with E-state index in [1.807, 2.05) is 12.1 Å². The van der Waals surface area contributed by atoms with Crippen LogP contribution in [0.3, 0.4) is 0 Å². The quantitative estimate of drug-likeness (QED) is 0.580. The summed E-state index contributed by atoms with van der Waals surface area (Å²) in [6.45, 7) is 5.70. The van der Waals surface area contributed by atoms with Crippen molar-refractivity contribution in [2.45, 2.75) is 6.54 Å². The smallest absolute Gasteiger partial charge is 0.246 e. The van der Waals surface area contributed by atoms with Gasteiger partial charge in [-0.05, 0) is 12.1 Å². The molecule has 26 heavy (non-hydrogen) atoms. The highest BCUT2D eigenvalue weighted by Gasteiger charge is 2.11. The zero-order valence-corrected chi connectivity index (χ0v) is 15.5. The number of guanidine groups is 1. The number of aromatic nitrogens is 2. The Morgan fingerprint density at radius 1 is 1.31 bits per heavy atom. The van der Waals surface area contributed by atoms with Crippen LogP contribution in [0.15, 0.2) is 33.8 Å². The van der Waals surface area contributed by atoms with Gasteiger partial charge in [0, 0.05) is 43.8 Å². The fourth-order valence-electron chi connectivity index (χ4n) is 2.61. The molecule has 0 atom stereocenters. The Labute approximate surface area is 157 Å². The molecule has 3 rings (SSSR count). The van der Waals surface area contributed by atoms with E-state index in [2.05, 4.69) is 30.7 Å². The highest BCUT2D eigenvalue weighted by atomic mass is 35.5. The van der Waals surface area contributed by atoms with Gasteiger partial charge in [0.1, 0.15) is 0 Å². The standard InChI is InChI=1S/C17H23ClN6O2/c1-19-17(20-5-6-24-7-9-25-10-8-24)21-12-15-22-16(23-26-15)13-3-2-4-14(18)11-13/h2-4,11H,5-10,12H2,1H3,(H2,19,20,21). The first-order valence-corrected chi connectivity index (χ1v) is 8.95.